The summed E-state index contributed by atoms with van der Waals surface area (Å²) >= 11 is 0. The summed E-state index contributed by atoms with van der Waals surface area (Å²) in [4.78, 5) is 44.1. The van der Waals surface area contributed by atoms with E-state index in [4.69, 9.17) is 4.74 Å². The van der Waals surface area contributed by atoms with E-state index in [1.54, 1.807) is 31.4 Å². The van der Waals surface area contributed by atoms with Gasteiger partial charge < -0.3 is 19.9 Å². The van der Waals surface area contributed by atoms with Gasteiger partial charge in [0.15, 0.2) is 0 Å². The zero-order valence-corrected chi connectivity index (χ0v) is 19.6. The Morgan fingerprint density at radius 3 is 2.70 bits per heavy atom. The third-order valence-corrected chi connectivity index (χ3v) is 7.28. The van der Waals surface area contributed by atoms with Gasteiger partial charge in [-0.3, -0.25) is 9.59 Å². The number of hydrogen-bond donors (Lipinski definition) is 1. The third kappa shape index (κ3) is 5.55. The van der Waals surface area contributed by atoms with Gasteiger partial charge in [0.2, 0.25) is 5.91 Å². The maximum atomic E-state index is 13.2. The number of urea groups is 1. The molecule has 3 atom stereocenters. The first-order chi connectivity index (χ1) is 16.1. The minimum absolute atomic E-state index is 0.0280. The highest BCUT2D eigenvalue weighted by Gasteiger charge is 2.39. The first-order valence-corrected chi connectivity index (χ1v) is 12.3. The van der Waals surface area contributed by atoms with Crippen LogP contribution in [0.25, 0.3) is 0 Å². The molecule has 0 unspecified atom stereocenters. The lowest BCUT2D eigenvalue weighted by atomic mass is 9.83. The van der Waals surface area contributed by atoms with Crippen LogP contribution in [0.4, 0.5) is 10.5 Å². The highest BCUT2D eigenvalue weighted by atomic mass is 16.5. The molecule has 4 rings (SSSR count). The number of nitrogens with zero attached hydrogens (tertiary/aromatic N) is 3. The van der Waals surface area contributed by atoms with Crippen LogP contribution in [0.2, 0.25) is 0 Å². The van der Waals surface area contributed by atoms with Crippen LogP contribution in [0.15, 0.2) is 30.3 Å². The van der Waals surface area contributed by atoms with Gasteiger partial charge in [0.05, 0.1) is 12.3 Å². The number of ether oxygens (including phenoxy) is 1. The molecule has 3 aliphatic heterocycles. The molecule has 8 heteroatoms. The fourth-order valence-corrected chi connectivity index (χ4v) is 5.57. The van der Waals surface area contributed by atoms with Gasteiger partial charge in [-0.15, -0.1) is 0 Å². The van der Waals surface area contributed by atoms with Crippen molar-refractivity contribution in [2.24, 2.45) is 5.92 Å². The van der Waals surface area contributed by atoms with Gasteiger partial charge in [0.1, 0.15) is 6.04 Å². The van der Waals surface area contributed by atoms with Crippen molar-refractivity contribution >= 4 is 23.5 Å². The molecule has 180 valence electrons. The second-order valence-corrected chi connectivity index (χ2v) is 9.38. The topological polar surface area (TPSA) is 82.2 Å². The quantitative estimate of drug-likeness (QED) is 0.578. The second-order valence-electron chi connectivity index (χ2n) is 9.38. The van der Waals surface area contributed by atoms with Gasteiger partial charge in [0.25, 0.3) is 5.91 Å². The molecule has 3 heterocycles. The number of piperidine rings is 2. The molecule has 3 fully saturated rings. The molecule has 33 heavy (non-hydrogen) atoms. The molecule has 0 aromatic heterocycles. The van der Waals surface area contributed by atoms with Crippen molar-refractivity contribution in [2.45, 2.75) is 57.0 Å². The Labute approximate surface area is 196 Å². The Morgan fingerprint density at radius 1 is 1.12 bits per heavy atom. The minimum atomic E-state index is -0.672. The number of fused-ring (bicyclic) bond motifs is 1. The molecule has 1 aromatic rings. The van der Waals surface area contributed by atoms with E-state index in [1.165, 1.54) is 38.8 Å². The molecule has 1 aromatic carbocycles. The highest BCUT2D eigenvalue weighted by molar-refractivity contribution is 6.21. The molecule has 1 N–H and O–H groups in total. The van der Waals surface area contributed by atoms with E-state index in [9.17, 15) is 14.4 Å². The first-order valence-electron chi connectivity index (χ1n) is 12.3. The Balaban J connectivity index is 1.35. The van der Waals surface area contributed by atoms with Crippen molar-refractivity contribution in [3.05, 3.63) is 30.3 Å². The van der Waals surface area contributed by atoms with E-state index in [2.05, 4.69) is 10.2 Å². The van der Waals surface area contributed by atoms with Crippen LogP contribution in [0, 0.1) is 5.92 Å². The Bertz CT molecular complexity index is 831. The highest BCUT2D eigenvalue weighted by Crippen LogP contribution is 2.31. The monoisotopic (exact) mass is 456 g/mol. The number of anilines is 1. The summed E-state index contributed by atoms with van der Waals surface area (Å²) in [6.45, 7) is 4.14. The molecule has 3 saturated heterocycles. The smallest absolute Gasteiger partial charge is 0.329 e. The second kappa shape index (κ2) is 11.1. The molecule has 0 spiro atoms. The van der Waals surface area contributed by atoms with Gasteiger partial charge in [0, 0.05) is 32.7 Å². The Morgan fingerprint density at radius 2 is 1.91 bits per heavy atom. The van der Waals surface area contributed by atoms with Crippen molar-refractivity contribution in [1.29, 1.82) is 0 Å². The van der Waals surface area contributed by atoms with Crippen LogP contribution in [0.1, 0.15) is 44.9 Å². The summed E-state index contributed by atoms with van der Waals surface area (Å²) in [5.41, 5.74) is 0.546. The molecule has 0 radical (unpaired) electrons. The Kier molecular flexibility index (Phi) is 7.98. The SMILES string of the molecule is COCCN(C[C@@H]1CCCN2CCCC[C@@H]12)C(=O)CC[C@@H]1NC(=O)N(c2ccccc2)C1=O. The van der Waals surface area contributed by atoms with Gasteiger partial charge >= 0.3 is 6.03 Å². The molecule has 4 amide bonds. The molecular weight excluding hydrogens is 420 g/mol. The number of rotatable bonds is 9. The summed E-state index contributed by atoms with van der Waals surface area (Å²) in [5, 5.41) is 2.74. The number of carbonyl (C=O) groups excluding carboxylic acids is 3. The average molecular weight is 457 g/mol. The number of hydrogen-bond acceptors (Lipinski definition) is 5. The summed E-state index contributed by atoms with van der Waals surface area (Å²) in [5.74, 6) is 0.217. The van der Waals surface area contributed by atoms with E-state index >= 15 is 0 Å². The summed E-state index contributed by atoms with van der Waals surface area (Å²) in [7, 11) is 1.65. The van der Waals surface area contributed by atoms with Crippen molar-refractivity contribution < 1.29 is 19.1 Å². The summed E-state index contributed by atoms with van der Waals surface area (Å²) in [6.07, 6.45) is 6.63. The number of methoxy groups -OCH3 is 1. The number of nitrogens with one attached hydrogen (secondary N) is 1. The van der Waals surface area contributed by atoms with Crippen LogP contribution >= 0.6 is 0 Å². The average Bonchev–Trinajstić information content (AvgIpc) is 3.13. The van der Waals surface area contributed by atoms with E-state index in [0.717, 1.165) is 17.9 Å². The van der Waals surface area contributed by atoms with E-state index < -0.39 is 12.1 Å². The first kappa shape index (κ1) is 23.7. The predicted molar refractivity (Wildman–Crippen MR) is 126 cm³/mol. The maximum Gasteiger partial charge on any atom is 0.329 e. The number of benzene rings is 1. The van der Waals surface area contributed by atoms with E-state index in [-0.39, 0.29) is 18.2 Å². The molecular formula is C25H36N4O4. The van der Waals surface area contributed by atoms with Crippen LogP contribution in [0.5, 0.6) is 0 Å². The standard InChI is InChI=1S/C25H36N4O4/c1-33-17-16-28(18-19-8-7-15-27-14-6-5-11-22(19)27)23(30)13-12-21-24(31)29(25(32)26-21)20-9-3-2-4-10-20/h2-4,9-10,19,21-22H,5-8,11-18H2,1H3,(H,26,32)/t19-,21-,22-/m0/s1. The lowest BCUT2D eigenvalue weighted by molar-refractivity contribution is -0.133. The molecule has 0 bridgehead atoms. The summed E-state index contributed by atoms with van der Waals surface area (Å²) in [6, 6.07) is 8.35. The number of imide groups is 1. The lowest BCUT2D eigenvalue weighted by Crippen LogP contribution is -2.52. The normalized spacial score (nSPS) is 25.6. The van der Waals surface area contributed by atoms with E-state index in [0.29, 0.717) is 37.2 Å². The largest absolute Gasteiger partial charge is 0.383 e. The van der Waals surface area contributed by atoms with Crippen molar-refractivity contribution in [3.8, 4) is 0 Å². The van der Waals surface area contributed by atoms with Crippen LogP contribution in [-0.4, -0.2) is 79.6 Å². The van der Waals surface area contributed by atoms with Crippen LogP contribution in [0.3, 0.4) is 0 Å². The Hall–Kier alpha value is -2.45. The zero-order chi connectivity index (χ0) is 23.2. The lowest BCUT2D eigenvalue weighted by Gasteiger charge is -2.45. The van der Waals surface area contributed by atoms with Crippen LogP contribution in [-0.2, 0) is 14.3 Å². The third-order valence-electron chi connectivity index (χ3n) is 7.28. The zero-order valence-electron chi connectivity index (χ0n) is 19.6. The van der Waals surface area contributed by atoms with Gasteiger partial charge in [-0.05, 0) is 63.2 Å². The maximum absolute atomic E-state index is 13.2. The van der Waals surface area contributed by atoms with Gasteiger partial charge in [-0.2, -0.15) is 0 Å². The molecule has 3 aliphatic rings. The van der Waals surface area contributed by atoms with Crippen molar-refractivity contribution in [3.63, 3.8) is 0 Å². The number of para-hydroxylation sites is 1. The molecule has 8 nitrogen and oxygen atoms in total. The predicted octanol–water partition coefficient (Wildman–Crippen LogP) is 2.63. The fraction of sp³-hybridized carbons (Fsp3) is 0.640. The van der Waals surface area contributed by atoms with Crippen molar-refractivity contribution in [1.82, 2.24) is 15.1 Å². The summed E-state index contributed by atoms with van der Waals surface area (Å²) < 4.78 is 5.27. The number of carbonyl (C=O) groups is 3. The number of amides is 4. The van der Waals surface area contributed by atoms with Gasteiger partial charge in [-0.1, -0.05) is 24.6 Å². The van der Waals surface area contributed by atoms with Crippen molar-refractivity contribution in [2.75, 3.05) is 44.8 Å². The van der Waals surface area contributed by atoms with E-state index in [1.807, 2.05) is 11.0 Å². The van der Waals surface area contributed by atoms with Crippen LogP contribution < -0.4 is 10.2 Å². The fourth-order valence-electron chi connectivity index (χ4n) is 5.57. The molecule has 0 aliphatic carbocycles. The molecule has 0 saturated carbocycles. The van der Waals surface area contributed by atoms with Gasteiger partial charge in [-0.25, -0.2) is 9.69 Å². The minimum Gasteiger partial charge on any atom is -0.383 e.